The summed E-state index contributed by atoms with van der Waals surface area (Å²) in [6.45, 7) is 3.31. The highest BCUT2D eigenvalue weighted by Gasteiger charge is 1.97. The van der Waals surface area contributed by atoms with E-state index in [2.05, 4.69) is 16.1 Å². The van der Waals surface area contributed by atoms with Crippen molar-refractivity contribution in [2.45, 2.75) is 0 Å². The topological polar surface area (TPSA) is 35.5 Å². The molecule has 0 aliphatic rings. The highest BCUT2D eigenvalue weighted by atomic mass is 35.5. The second-order valence-corrected chi connectivity index (χ2v) is 1.45. The van der Waals surface area contributed by atoms with Crippen molar-refractivity contribution in [3.63, 3.8) is 0 Å². The Kier molecular flexibility index (Phi) is 5.01. The van der Waals surface area contributed by atoms with Crippen molar-refractivity contribution < 1.29 is 14.3 Å². The molecule has 0 atom stereocenters. The molecular formula is C5H7ClO3. The van der Waals surface area contributed by atoms with Gasteiger partial charge in [-0.2, -0.15) is 0 Å². The van der Waals surface area contributed by atoms with Crippen molar-refractivity contribution in [2.24, 2.45) is 0 Å². The summed E-state index contributed by atoms with van der Waals surface area (Å²) in [6.07, 6.45) is 0.224. The maximum atomic E-state index is 10.2. The maximum Gasteiger partial charge on any atom is 0.513 e. The fraction of sp³-hybridized carbons (Fsp3) is 0.400. The first-order chi connectivity index (χ1) is 4.31. The average molecular weight is 151 g/mol. The molecule has 52 valence electrons. The molecule has 3 nitrogen and oxygen atoms in total. The van der Waals surface area contributed by atoms with Crippen LogP contribution in [0.25, 0.3) is 0 Å². The molecule has 0 fully saturated rings. The molecule has 0 rings (SSSR count). The van der Waals surface area contributed by atoms with Crippen LogP contribution in [0.1, 0.15) is 0 Å². The van der Waals surface area contributed by atoms with Gasteiger partial charge >= 0.3 is 6.16 Å². The summed E-state index contributed by atoms with van der Waals surface area (Å²) in [7, 11) is 0. The number of rotatable bonds is 3. The Labute approximate surface area is 58.2 Å². The summed E-state index contributed by atoms with van der Waals surface area (Å²) in [6, 6.07) is 0. The Morgan fingerprint density at radius 1 is 1.78 bits per heavy atom. The van der Waals surface area contributed by atoms with Crippen molar-refractivity contribution in [3.05, 3.63) is 12.8 Å². The Bertz CT molecular complexity index is 102. The lowest BCUT2D eigenvalue weighted by Crippen LogP contribution is -2.05. The number of carbonyl (C=O) groups is 1. The van der Waals surface area contributed by atoms with Gasteiger partial charge in [0.1, 0.15) is 6.61 Å². The third-order valence-electron chi connectivity index (χ3n) is 0.477. The van der Waals surface area contributed by atoms with Gasteiger partial charge in [-0.15, -0.1) is 11.6 Å². The molecule has 0 heterocycles. The van der Waals surface area contributed by atoms with Crippen LogP contribution in [0.2, 0.25) is 0 Å². The minimum Gasteiger partial charge on any atom is -0.433 e. The second kappa shape index (κ2) is 5.44. The first-order valence-corrected chi connectivity index (χ1v) is 2.85. The summed E-state index contributed by atoms with van der Waals surface area (Å²) in [5.74, 6) is 0.270. The third-order valence-corrected chi connectivity index (χ3v) is 0.631. The lowest BCUT2D eigenvalue weighted by molar-refractivity contribution is 0.0902. The quantitative estimate of drug-likeness (QED) is 0.348. The van der Waals surface area contributed by atoms with Gasteiger partial charge in [0.15, 0.2) is 0 Å². The van der Waals surface area contributed by atoms with Gasteiger partial charge in [0.05, 0.1) is 12.1 Å². The summed E-state index contributed by atoms with van der Waals surface area (Å²) in [4.78, 5) is 10.2. The van der Waals surface area contributed by atoms with Crippen molar-refractivity contribution >= 4 is 17.8 Å². The van der Waals surface area contributed by atoms with E-state index >= 15 is 0 Å². The summed E-state index contributed by atoms with van der Waals surface area (Å²) in [5, 5.41) is 0. The van der Waals surface area contributed by atoms with Gasteiger partial charge in [-0.1, -0.05) is 6.58 Å². The van der Waals surface area contributed by atoms with Crippen molar-refractivity contribution in [1.82, 2.24) is 0 Å². The van der Waals surface area contributed by atoms with E-state index in [4.69, 9.17) is 11.6 Å². The molecule has 0 aliphatic heterocycles. The second-order valence-electron chi connectivity index (χ2n) is 1.07. The van der Waals surface area contributed by atoms with E-state index in [1.807, 2.05) is 0 Å². The van der Waals surface area contributed by atoms with Crippen LogP contribution >= 0.6 is 11.6 Å². The van der Waals surface area contributed by atoms with E-state index in [1.165, 1.54) is 0 Å². The number of halogens is 1. The normalized spacial score (nSPS) is 8.11. The number of hydrogen-bond donors (Lipinski definition) is 0. The zero-order chi connectivity index (χ0) is 7.11. The number of ether oxygens (including phenoxy) is 2. The molecule has 4 heteroatoms. The molecule has 0 aliphatic carbocycles. The minimum atomic E-state index is -0.773. The highest BCUT2D eigenvalue weighted by Crippen LogP contribution is 1.85. The fourth-order valence-corrected chi connectivity index (χ4v) is 0.301. The Hall–Kier alpha value is -0.700. The van der Waals surface area contributed by atoms with Crippen LogP contribution in [-0.2, 0) is 9.47 Å². The van der Waals surface area contributed by atoms with E-state index in [0.29, 0.717) is 0 Å². The zero-order valence-corrected chi connectivity index (χ0v) is 5.56. The van der Waals surface area contributed by atoms with Gasteiger partial charge in [-0.3, -0.25) is 0 Å². The maximum absolute atomic E-state index is 10.2. The molecule has 0 amide bonds. The van der Waals surface area contributed by atoms with Crippen LogP contribution in [0.15, 0.2) is 12.8 Å². The Morgan fingerprint density at radius 2 is 2.44 bits per heavy atom. The highest BCUT2D eigenvalue weighted by molar-refractivity contribution is 6.18. The van der Waals surface area contributed by atoms with Crippen LogP contribution in [0.3, 0.4) is 0 Å². The first-order valence-electron chi connectivity index (χ1n) is 2.31. The fourth-order valence-electron chi connectivity index (χ4n) is 0.224. The average Bonchev–Trinajstić information content (AvgIpc) is 1.85. The molecule has 0 aromatic heterocycles. The van der Waals surface area contributed by atoms with E-state index in [-0.39, 0.29) is 12.5 Å². The third kappa shape index (κ3) is 5.17. The van der Waals surface area contributed by atoms with Crippen molar-refractivity contribution in [3.8, 4) is 0 Å². The van der Waals surface area contributed by atoms with Crippen LogP contribution in [0.5, 0.6) is 0 Å². The molecule has 9 heavy (non-hydrogen) atoms. The van der Waals surface area contributed by atoms with E-state index < -0.39 is 6.16 Å². The number of carbonyl (C=O) groups excluding carboxylic acids is 1. The van der Waals surface area contributed by atoms with Crippen LogP contribution in [-0.4, -0.2) is 18.6 Å². The van der Waals surface area contributed by atoms with Crippen LogP contribution in [0.4, 0.5) is 4.79 Å². The molecule has 0 unspecified atom stereocenters. The van der Waals surface area contributed by atoms with Crippen molar-refractivity contribution in [2.75, 3.05) is 12.5 Å². The van der Waals surface area contributed by atoms with Crippen LogP contribution in [0, 0.1) is 0 Å². The molecule has 0 radical (unpaired) electrons. The van der Waals surface area contributed by atoms with Gasteiger partial charge in [0.2, 0.25) is 0 Å². The molecule has 0 aromatic carbocycles. The van der Waals surface area contributed by atoms with Gasteiger partial charge in [0, 0.05) is 0 Å². The smallest absolute Gasteiger partial charge is 0.433 e. The number of alkyl halides is 1. The lowest BCUT2D eigenvalue weighted by atomic mass is 10.9. The molecule has 0 bridgehead atoms. The SMILES string of the molecule is C=COC(=O)OCCCl. The van der Waals surface area contributed by atoms with E-state index in [1.54, 1.807) is 0 Å². The van der Waals surface area contributed by atoms with Crippen molar-refractivity contribution in [1.29, 1.82) is 0 Å². The summed E-state index contributed by atoms with van der Waals surface area (Å²) < 4.78 is 8.56. The first kappa shape index (κ1) is 8.30. The molecule has 0 aromatic rings. The molecule has 0 saturated heterocycles. The molecular weight excluding hydrogens is 144 g/mol. The summed E-state index contributed by atoms with van der Waals surface area (Å²) >= 11 is 5.19. The zero-order valence-electron chi connectivity index (χ0n) is 4.80. The predicted molar refractivity (Wildman–Crippen MR) is 33.3 cm³/mol. The number of hydrogen-bond acceptors (Lipinski definition) is 3. The lowest BCUT2D eigenvalue weighted by Gasteiger charge is -1.97. The minimum absolute atomic E-state index is 0.161. The Balaban J connectivity index is 3.16. The standard InChI is InChI=1S/C5H7ClO3/c1-2-8-5(7)9-4-3-6/h2H,1,3-4H2. The monoisotopic (exact) mass is 150 g/mol. The van der Waals surface area contributed by atoms with Gasteiger partial charge in [-0.25, -0.2) is 4.79 Å². The molecule has 0 saturated carbocycles. The molecule has 0 spiro atoms. The predicted octanol–water partition coefficient (Wildman–Crippen LogP) is 1.52. The van der Waals surface area contributed by atoms with Gasteiger partial charge in [0.25, 0.3) is 0 Å². The van der Waals surface area contributed by atoms with Gasteiger partial charge in [-0.05, 0) is 0 Å². The van der Waals surface area contributed by atoms with E-state index in [0.717, 1.165) is 6.26 Å². The van der Waals surface area contributed by atoms with E-state index in [9.17, 15) is 4.79 Å². The van der Waals surface area contributed by atoms with Crippen LogP contribution < -0.4 is 0 Å². The van der Waals surface area contributed by atoms with Gasteiger partial charge < -0.3 is 9.47 Å². The largest absolute Gasteiger partial charge is 0.513 e. The Morgan fingerprint density at radius 3 is 2.89 bits per heavy atom. The molecule has 0 N–H and O–H groups in total. The summed E-state index contributed by atoms with van der Waals surface area (Å²) in [5.41, 5.74) is 0.